The summed E-state index contributed by atoms with van der Waals surface area (Å²) in [5.41, 5.74) is 0. The maximum absolute atomic E-state index is 10.7. The number of carbonyl (C=O) groups is 1. The van der Waals surface area contributed by atoms with Gasteiger partial charge in [-0.1, -0.05) is 0 Å². The lowest BCUT2D eigenvalue weighted by Gasteiger charge is -2.20. The van der Waals surface area contributed by atoms with E-state index in [-0.39, 0.29) is 0 Å². The molecule has 0 aromatic carbocycles. The lowest BCUT2D eigenvalue weighted by atomic mass is 10.3. The zero-order valence-electron chi connectivity index (χ0n) is 10.3. The molecule has 0 aliphatic carbocycles. The molecule has 94 valence electrons. The van der Waals surface area contributed by atoms with Crippen molar-refractivity contribution in [2.45, 2.75) is 26.8 Å². The fraction of sp³-hybridized carbons (Fsp3) is 0.545. The van der Waals surface area contributed by atoms with Crippen molar-refractivity contribution in [1.82, 2.24) is 9.97 Å². The molecule has 0 aliphatic rings. The normalized spacial score (nSPS) is 11.9. The third kappa shape index (κ3) is 3.58. The van der Waals surface area contributed by atoms with E-state index < -0.39 is 12.0 Å². The maximum atomic E-state index is 10.7. The molecule has 2 N–H and O–H groups in total. The number of hydrogen-bond acceptors (Lipinski definition) is 5. The van der Waals surface area contributed by atoms with Gasteiger partial charge in [0.05, 0.1) is 0 Å². The lowest BCUT2D eigenvalue weighted by molar-refractivity contribution is -0.137. The third-order valence-corrected chi connectivity index (χ3v) is 2.47. The standard InChI is InChI=1S/C11H18N4O2/c1-4-15(5-2)10-6-9(12-7-13-10)14-8(3)11(16)17/h6-8H,4-5H2,1-3H3,(H,16,17)(H,12,13,14). The SMILES string of the molecule is CCN(CC)c1cc(NC(C)C(=O)O)ncn1. The van der Waals surface area contributed by atoms with Gasteiger partial charge in [-0.3, -0.25) is 4.79 Å². The van der Waals surface area contributed by atoms with Gasteiger partial charge in [-0.15, -0.1) is 0 Å². The Bertz CT molecular complexity index is 379. The Morgan fingerprint density at radius 1 is 1.47 bits per heavy atom. The zero-order chi connectivity index (χ0) is 12.8. The summed E-state index contributed by atoms with van der Waals surface area (Å²) in [5.74, 6) is 0.412. The summed E-state index contributed by atoms with van der Waals surface area (Å²) in [7, 11) is 0. The molecule has 1 unspecified atom stereocenters. The number of anilines is 2. The number of nitrogens with zero attached hydrogens (tertiary/aromatic N) is 3. The van der Waals surface area contributed by atoms with Gasteiger partial charge in [0.15, 0.2) is 0 Å². The van der Waals surface area contributed by atoms with Crippen LogP contribution < -0.4 is 10.2 Å². The minimum Gasteiger partial charge on any atom is -0.480 e. The van der Waals surface area contributed by atoms with Crippen LogP contribution in [-0.2, 0) is 4.79 Å². The number of aromatic nitrogens is 2. The molecule has 0 spiro atoms. The van der Waals surface area contributed by atoms with Crippen LogP contribution in [0.5, 0.6) is 0 Å². The van der Waals surface area contributed by atoms with Crippen molar-refractivity contribution in [3.05, 3.63) is 12.4 Å². The minimum atomic E-state index is -0.909. The van der Waals surface area contributed by atoms with Crippen molar-refractivity contribution < 1.29 is 9.90 Å². The van der Waals surface area contributed by atoms with Crippen molar-refractivity contribution in [3.63, 3.8) is 0 Å². The second-order valence-corrected chi connectivity index (χ2v) is 3.64. The van der Waals surface area contributed by atoms with E-state index in [2.05, 4.69) is 20.2 Å². The van der Waals surface area contributed by atoms with E-state index in [1.807, 2.05) is 13.8 Å². The van der Waals surface area contributed by atoms with Crippen LogP contribution in [0.25, 0.3) is 0 Å². The number of rotatable bonds is 6. The van der Waals surface area contributed by atoms with Crippen LogP contribution in [0.1, 0.15) is 20.8 Å². The van der Waals surface area contributed by atoms with E-state index in [0.29, 0.717) is 5.82 Å². The molecular formula is C11H18N4O2. The van der Waals surface area contributed by atoms with E-state index in [1.165, 1.54) is 6.33 Å². The predicted molar refractivity (Wildman–Crippen MR) is 66.3 cm³/mol. The molecule has 1 aromatic rings. The van der Waals surface area contributed by atoms with Gasteiger partial charge in [-0.05, 0) is 20.8 Å². The highest BCUT2D eigenvalue weighted by Crippen LogP contribution is 2.14. The summed E-state index contributed by atoms with van der Waals surface area (Å²) in [5, 5.41) is 11.6. The second-order valence-electron chi connectivity index (χ2n) is 3.64. The zero-order valence-corrected chi connectivity index (χ0v) is 10.3. The molecule has 0 bridgehead atoms. The fourth-order valence-electron chi connectivity index (χ4n) is 1.43. The summed E-state index contributed by atoms with van der Waals surface area (Å²) in [6, 6.07) is 1.08. The number of hydrogen-bond donors (Lipinski definition) is 2. The number of aliphatic carboxylic acids is 1. The summed E-state index contributed by atoms with van der Waals surface area (Å²) in [6.07, 6.45) is 1.44. The number of nitrogens with one attached hydrogen (secondary N) is 1. The van der Waals surface area contributed by atoms with Crippen LogP contribution in [0.15, 0.2) is 12.4 Å². The van der Waals surface area contributed by atoms with E-state index >= 15 is 0 Å². The highest BCUT2D eigenvalue weighted by atomic mass is 16.4. The molecule has 6 heteroatoms. The van der Waals surface area contributed by atoms with Crippen LogP contribution in [0.2, 0.25) is 0 Å². The highest BCUT2D eigenvalue weighted by molar-refractivity contribution is 5.76. The van der Waals surface area contributed by atoms with E-state index in [0.717, 1.165) is 18.9 Å². The lowest BCUT2D eigenvalue weighted by Crippen LogP contribution is -2.27. The first kappa shape index (κ1) is 13.2. The Morgan fingerprint density at radius 3 is 2.65 bits per heavy atom. The van der Waals surface area contributed by atoms with E-state index in [9.17, 15) is 4.79 Å². The average molecular weight is 238 g/mol. The second kappa shape index (κ2) is 6.03. The first-order chi connectivity index (χ1) is 8.08. The molecule has 1 heterocycles. The van der Waals surface area contributed by atoms with Crippen LogP contribution in [0.3, 0.4) is 0 Å². The van der Waals surface area contributed by atoms with Crippen molar-refractivity contribution in [3.8, 4) is 0 Å². The van der Waals surface area contributed by atoms with Crippen LogP contribution in [0.4, 0.5) is 11.6 Å². The molecule has 0 radical (unpaired) electrons. The molecule has 17 heavy (non-hydrogen) atoms. The van der Waals surface area contributed by atoms with Gasteiger partial charge < -0.3 is 15.3 Å². The smallest absolute Gasteiger partial charge is 0.325 e. The molecular weight excluding hydrogens is 220 g/mol. The van der Waals surface area contributed by atoms with Gasteiger partial charge in [0.1, 0.15) is 24.0 Å². The maximum Gasteiger partial charge on any atom is 0.325 e. The molecule has 1 rings (SSSR count). The summed E-state index contributed by atoms with van der Waals surface area (Å²) >= 11 is 0. The highest BCUT2D eigenvalue weighted by Gasteiger charge is 2.12. The summed E-state index contributed by atoms with van der Waals surface area (Å²) in [6.45, 7) is 7.35. The monoisotopic (exact) mass is 238 g/mol. The quantitative estimate of drug-likeness (QED) is 0.775. The van der Waals surface area contributed by atoms with Crippen molar-refractivity contribution in [1.29, 1.82) is 0 Å². The topological polar surface area (TPSA) is 78.4 Å². The van der Waals surface area contributed by atoms with Crippen LogP contribution in [-0.4, -0.2) is 40.2 Å². The number of carboxylic acids is 1. The van der Waals surface area contributed by atoms with Crippen molar-refractivity contribution in [2.24, 2.45) is 0 Å². The molecule has 1 aromatic heterocycles. The summed E-state index contributed by atoms with van der Waals surface area (Å²) in [4.78, 5) is 20.9. The predicted octanol–water partition coefficient (Wildman–Crippen LogP) is 1.21. The fourth-order valence-corrected chi connectivity index (χ4v) is 1.43. The van der Waals surface area contributed by atoms with Gasteiger partial charge in [0, 0.05) is 19.2 Å². The summed E-state index contributed by atoms with van der Waals surface area (Å²) < 4.78 is 0. The Morgan fingerprint density at radius 2 is 2.12 bits per heavy atom. The van der Waals surface area contributed by atoms with Gasteiger partial charge in [0.2, 0.25) is 0 Å². The Labute approximate surface area is 101 Å². The van der Waals surface area contributed by atoms with Gasteiger partial charge >= 0.3 is 5.97 Å². The first-order valence-electron chi connectivity index (χ1n) is 5.64. The Balaban J connectivity index is 2.82. The minimum absolute atomic E-state index is 0.525. The van der Waals surface area contributed by atoms with Gasteiger partial charge in [0.25, 0.3) is 0 Å². The molecule has 0 aliphatic heterocycles. The average Bonchev–Trinajstić information content (AvgIpc) is 2.31. The van der Waals surface area contributed by atoms with Gasteiger partial charge in [-0.2, -0.15) is 0 Å². The Kier molecular flexibility index (Phi) is 4.68. The van der Waals surface area contributed by atoms with E-state index in [1.54, 1.807) is 13.0 Å². The van der Waals surface area contributed by atoms with Crippen LogP contribution >= 0.6 is 0 Å². The first-order valence-corrected chi connectivity index (χ1v) is 5.64. The Hall–Kier alpha value is -1.85. The van der Waals surface area contributed by atoms with E-state index in [4.69, 9.17) is 5.11 Å². The van der Waals surface area contributed by atoms with Crippen molar-refractivity contribution in [2.75, 3.05) is 23.3 Å². The van der Waals surface area contributed by atoms with Gasteiger partial charge in [-0.25, -0.2) is 9.97 Å². The third-order valence-electron chi connectivity index (χ3n) is 2.47. The van der Waals surface area contributed by atoms with Crippen molar-refractivity contribution >= 4 is 17.6 Å². The van der Waals surface area contributed by atoms with Crippen LogP contribution in [0, 0.1) is 0 Å². The molecule has 1 atom stereocenters. The molecule has 0 fully saturated rings. The molecule has 0 saturated carbocycles. The molecule has 6 nitrogen and oxygen atoms in total. The molecule has 0 saturated heterocycles. The molecule has 0 amide bonds. The number of carboxylic acid groups (broad SMARTS) is 1. The largest absolute Gasteiger partial charge is 0.480 e.